The van der Waals surface area contributed by atoms with E-state index in [0.29, 0.717) is 0 Å². The van der Waals surface area contributed by atoms with Gasteiger partial charge in [0.15, 0.2) is 0 Å². The molecule has 1 N–H and O–H groups in total. The number of hydrogen-bond donors (Lipinski definition) is 1. The zero-order valence-electron chi connectivity index (χ0n) is 11.7. The Bertz CT molecular complexity index is 189. The van der Waals surface area contributed by atoms with Crippen LogP contribution in [0.3, 0.4) is 0 Å². The van der Waals surface area contributed by atoms with Gasteiger partial charge in [0.05, 0.1) is 0 Å². The normalized spacial score (nSPS) is 29.5. The number of methoxy groups -OCH3 is 1. The van der Waals surface area contributed by atoms with E-state index in [1.165, 1.54) is 37.9 Å². The van der Waals surface area contributed by atoms with Gasteiger partial charge >= 0.3 is 0 Å². The molecule has 1 aliphatic carbocycles. The lowest BCUT2D eigenvalue weighted by Crippen LogP contribution is -2.42. The first-order valence-electron chi connectivity index (χ1n) is 7.15. The molecule has 1 aliphatic rings. The molecule has 3 atom stereocenters. The van der Waals surface area contributed by atoms with Crippen molar-refractivity contribution in [2.75, 3.05) is 26.0 Å². The minimum atomic E-state index is 0.746. The van der Waals surface area contributed by atoms with Crippen LogP contribution in [0.4, 0.5) is 0 Å². The Balaban J connectivity index is 2.32. The number of ether oxygens (including phenoxy) is 1. The average molecular weight is 259 g/mol. The molecule has 0 aromatic carbocycles. The Hall–Kier alpha value is 0.270. The van der Waals surface area contributed by atoms with Gasteiger partial charge in [0.2, 0.25) is 0 Å². The van der Waals surface area contributed by atoms with Gasteiger partial charge in [-0.05, 0) is 43.9 Å². The zero-order valence-corrected chi connectivity index (χ0v) is 12.5. The predicted molar refractivity (Wildman–Crippen MR) is 77.8 cm³/mol. The molecule has 0 radical (unpaired) electrons. The lowest BCUT2D eigenvalue weighted by atomic mass is 9.84. The van der Waals surface area contributed by atoms with Crippen molar-refractivity contribution in [3.05, 3.63) is 0 Å². The van der Waals surface area contributed by atoms with Gasteiger partial charge < -0.3 is 10.1 Å². The van der Waals surface area contributed by atoms with E-state index in [1.54, 1.807) is 7.11 Å². The standard InChI is InChI=1S/C14H29NOS/c1-4-12-7-8-13(15-5-2)14(11-12)17-10-6-9-16-3/h12-15H,4-11H2,1-3H3. The first-order chi connectivity index (χ1) is 8.31. The van der Waals surface area contributed by atoms with Crippen LogP contribution in [0.2, 0.25) is 0 Å². The van der Waals surface area contributed by atoms with Gasteiger partial charge in [-0.3, -0.25) is 0 Å². The van der Waals surface area contributed by atoms with E-state index < -0.39 is 0 Å². The van der Waals surface area contributed by atoms with Crippen LogP contribution in [0, 0.1) is 5.92 Å². The van der Waals surface area contributed by atoms with E-state index >= 15 is 0 Å². The molecule has 0 aromatic heterocycles. The molecule has 1 rings (SSSR count). The van der Waals surface area contributed by atoms with Crippen molar-refractivity contribution in [3.8, 4) is 0 Å². The van der Waals surface area contributed by atoms with Gasteiger partial charge in [0.25, 0.3) is 0 Å². The summed E-state index contributed by atoms with van der Waals surface area (Å²) in [5, 5.41) is 4.49. The summed E-state index contributed by atoms with van der Waals surface area (Å²) >= 11 is 2.16. The van der Waals surface area contributed by atoms with Crippen LogP contribution in [-0.4, -0.2) is 37.3 Å². The molecule has 0 amide bonds. The maximum absolute atomic E-state index is 5.12. The minimum Gasteiger partial charge on any atom is -0.385 e. The molecule has 3 unspecified atom stereocenters. The second kappa shape index (κ2) is 9.23. The van der Waals surface area contributed by atoms with Crippen LogP contribution < -0.4 is 5.32 Å². The zero-order chi connectivity index (χ0) is 12.5. The highest BCUT2D eigenvalue weighted by molar-refractivity contribution is 7.99. The van der Waals surface area contributed by atoms with E-state index in [2.05, 4.69) is 30.9 Å². The Kier molecular flexibility index (Phi) is 8.33. The molecule has 1 fully saturated rings. The molecule has 0 aromatic rings. The second-order valence-corrected chi connectivity index (χ2v) is 6.35. The molecule has 17 heavy (non-hydrogen) atoms. The molecule has 2 nitrogen and oxygen atoms in total. The number of thioether (sulfide) groups is 1. The Morgan fingerprint density at radius 3 is 2.76 bits per heavy atom. The molecule has 1 saturated carbocycles. The van der Waals surface area contributed by atoms with Crippen molar-refractivity contribution in [3.63, 3.8) is 0 Å². The highest BCUT2D eigenvalue weighted by Gasteiger charge is 2.29. The lowest BCUT2D eigenvalue weighted by Gasteiger charge is -2.36. The molecule has 0 spiro atoms. The van der Waals surface area contributed by atoms with Crippen molar-refractivity contribution < 1.29 is 4.74 Å². The molecular formula is C14H29NOS. The van der Waals surface area contributed by atoms with Gasteiger partial charge in [0, 0.05) is 25.0 Å². The average Bonchev–Trinajstić information content (AvgIpc) is 2.36. The number of hydrogen-bond acceptors (Lipinski definition) is 3. The Labute approximate surface area is 111 Å². The van der Waals surface area contributed by atoms with Crippen molar-refractivity contribution in [2.24, 2.45) is 5.92 Å². The van der Waals surface area contributed by atoms with Crippen LogP contribution in [0.1, 0.15) is 46.0 Å². The van der Waals surface area contributed by atoms with Gasteiger partial charge in [-0.1, -0.05) is 20.3 Å². The maximum Gasteiger partial charge on any atom is 0.0470 e. The fourth-order valence-electron chi connectivity index (χ4n) is 2.70. The van der Waals surface area contributed by atoms with Crippen molar-refractivity contribution >= 4 is 11.8 Å². The van der Waals surface area contributed by atoms with Crippen LogP contribution in [0.5, 0.6) is 0 Å². The smallest absolute Gasteiger partial charge is 0.0470 e. The van der Waals surface area contributed by atoms with Gasteiger partial charge in [0.1, 0.15) is 0 Å². The quantitative estimate of drug-likeness (QED) is 0.676. The van der Waals surface area contributed by atoms with Crippen molar-refractivity contribution in [1.29, 1.82) is 0 Å². The molecule has 0 saturated heterocycles. The summed E-state index contributed by atoms with van der Waals surface area (Å²) in [6.07, 6.45) is 6.74. The molecule has 0 heterocycles. The summed E-state index contributed by atoms with van der Waals surface area (Å²) in [4.78, 5) is 0. The summed E-state index contributed by atoms with van der Waals surface area (Å²) in [6.45, 7) is 6.57. The fraction of sp³-hybridized carbons (Fsp3) is 1.00. The largest absolute Gasteiger partial charge is 0.385 e. The first kappa shape index (κ1) is 15.3. The first-order valence-corrected chi connectivity index (χ1v) is 8.20. The van der Waals surface area contributed by atoms with Gasteiger partial charge in [-0.15, -0.1) is 0 Å². The summed E-state index contributed by atoms with van der Waals surface area (Å²) in [7, 11) is 1.79. The Morgan fingerprint density at radius 1 is 1.29 bits per heavy atom. The van der Waals surface area contributed by atoms with E-state index in [9.17, 15) is 0 Å². The van der Waals surface area contributed by atoms with Crippen molar-refractivity contribution in [2.45, 2.75) is 57.2 Å². The summed E-state index contributed by atoms with van der Waals surface area (Å²) in [5.74, 6) is 2.21. The topological polar surface area (TPSA) is 21.3 Å². The van der Waals surface area contributed by atoms with Crippen LogP contribution in [-0.2, 0) is 4.74 Å². The summed E-state index contributed by atoms with van der Waals surface area (Å²) in [6, 6.07) is 0.746. The van der Waals surface area contributed by atoms with Gasteiger partial charge in [-0.2, -0.15) is 11.8 Å². The fourth-order valence-corrected chi connectivity index (χ4v) is 4.16. The number of rotatable bonds is 8. The SMILES string of the molecule is CCNC1CCC(CC)CC1SCCCOC. The third-order valence-corrected chi connectivity index (χ3v) is 5.24. The molecule has 102 valence electrons. The molecule has 0 aliphatic heterocycles. The Morgan fingerprint density at radius 2 is 2.12 bits per heavy atom. The number of nitrogens with one attached hydrogen (secondary N) is 1. The van der Waals surface area contributed by atoms with Gasteiger partial charge in [-0.25, -0.2) is 0 Å². The van der Waals surface area contributed by atoms with Crippen LogP contribution >= 0.6 is 11.8 Å². The van der Waals surface area contributed by atoms with E-state index in [0.717, 1.165) is 30.4 Å². The lowest BCUT2D eigenvalue weighted by molar-refractivity contribution is 0.200. The summed E-state index contributed by atoms with van der Waals surface area (Å²) in [5.41, 5.74) is 0. The highest BCUT2D eigenvalue weighted by Crippen LogP contribution is 2.34. The molecular weight excluding hydrogens is 230 g/mol. The predicted octanol–water partition coefficient (Wildman–Crippen LogP) is 3.31. The summed E-state index contributed by atoms with van der Waals surface area (Å²) < 4.78 is 5.12. The monoisotopic (exact) mass is 259 g/mol. The second-order valence-electron chi connectivity index (χ2n) is 5.01. The van der Waals surface area contributed by atoms with Crippen molar-refractivity contribution in [1.82, 2.24) is 5.32 Å². The molecule has 0 bridgehead atoms. The van der Waals surface area contributed by atoms with E-state index in [-0.39, 0.29) is 0 Å². The highest BCUT2D eigenvalue weighted by atomic mass is 32.2. The van der Waals surface area contributed by atoms with Crippen LogP contribution in [0.25, 0.3) is 0 Å². The van der Waals surface area contributed by atoms with E-state index in [4.69, 9.17) is 4.74 Å². The van der Waals surface area contributed by atoms with E-state index in [1.807, 2.05) is 0 Å². The maximum atomic E-state index is 5.12. The third kappa shape index (κ3) is 5.62. The minimum absolute atomic E-state index is 0.746. The third-order valence-electron chi connectivity index (χ3n) is 3.77. The molecule has 3 heteroatoms. The van der Waals surface area contributed by atoms with Crippen LogP contribution in [0.15, 0.2) is 0 Å².